The van der Waals surface area contributed by atoms with Gasteiger partial charge in [0.25, 0.3) is 0 Å². The van der Waals surface area contributed by atoms with Crippen LogP contribution in [0.15, 0.2) is 0 Å². The lowest BCUT2D eigenvalue weighted by atomic mass is 10.0. The number of hydrogen-bond acceptors (Lipinski definition) is 2. The number of nitrogens with zero attached hydrogens (tertiary/aromatic N) is 1. The molecule has 2 N–H and O–H groups in total. The molecule has 0 amide bonds. The third-order valence-electron chi connectivity index (χ3n) is 2.80. The van der Waals surface area contributed by atoms with Crippen molar-refractivity contribution in [2.24, 2.45) is 11.7 Å². The zero-order chi connectivity index (χ0) is 9.90. The Hall–Kier alpha value is -0.0800. The van der Waals surface area contributed by atoms with Gasteiger partial charge in [-0.25, -0.2) is 0 Å². The molecule has 1 aliphatic heterocycles. The summed E-state index contributed by atoms with van der Waals surface area (Å²) in [6, 6.07) is 0. The van der Waals surface area contributed by atoms with Crippen molar-refractivity contribution >= 4 is 0 Å². The topological polar surface area (TPSA) is 29.3 Å². The van der Waals surface area contributed by atoms with E-state index >= 15 is 0 Å². The van der Waals surface area contributed by atoms with E-state index in [1.165, 1.54) is 32.5 Å². The van der Waals surface area contributed by atoms with Crippen molar-refractivity contribution in [3.8, 4) is 0 Å². The minimum Gasteiger partial charge on any atom is -0.326 e. The second-order valence-electron chi connectivity index (χ2n) is 5.29. The van der Waals surface area contributed by atoms with Crippen LogP contribution >= 0.6 is 0 Å². The van der Waals surface area contributed by atoms with Crippen LogP contribution in [0.25, 0.3) is 0 Å². The van der Waals surface area contributed by atoms with E-state index in [0.29, 0.717) is 0 Å². The molecular weight excluding hydrogens is 160 g/mol. The molecule has 2 heteroatoms. The molecule has 0 aromatic rings. The minimum absolute atomic E-state index is 0.0192. The number of rotatable bonds is 4. The molecule has 1 rings (SSSR count). The Morgan fingerprint density at radius 3 is 2.62 bits per heavy atom. The Morgan fingerprint density at radius 2 is 2.15 bits per heavy atom. The Bertz CT molecular complexity index is 149. The fraction of sp³-hybridized carbons (Fsp3) is 1.00. The van der Waals surface area contributed by atoms with E-state index in [2.05, 4.69) is 25.7 Å². The van der Waals surface area contributed by atoms with Crippen LogP contribution in [0.2, 0.25) is 0 Å². The van der Waals surface area contributed by atoms with Crippen LogP contribution in [0.4, 0.5) is 0 Å². The zero-order valence-corrected chi connectivity index (χ0v) is 9.34. The van der Waals surface area contributed by atoms with Gasteiger partial charge in [0.15, 0.2) is 0 Å². The first kappa shape index (κ1) is 11.0. The Balaban J connectivity index is 2.07. The van der Waals surface area contributed by atoms with Gasteiger partial charge in [-0.1, -0.05) is 6.92 Å². The normalized spacial score (nSPS) is 25.4. The Kier molecular flexibility index (Phi) is 3.74. The number of hydrogen-bond donors (Lipinski definition) is 1. The van der Waals surface area contributed by atoms with Gasteiger partial charge in [-0.3, -0.25) is 0 Å². The first-order valence-corrected chi connectivity index (χ1v) is 5.48. The van der Waals surface area contributed by atoms with Crippen molar-refractivity contribution < 1.29 is 0 Å². The predicted octanol–water partition coefficient (Wildman–Crippen LogP) is 1.85. The van der Waals surface area contributed by atoms with E-state index in [-0.39, 0.29) is 5.54 Å². The first-order chi connectivity index (χ1) is 5.97. The molecule has 1 heterocycles. The zero-order valence-electron chi connectivity index (χ0n) is 9.34. The van der Waals surface area contributed by atoms with Crippen molar-refractivity contribution in [3.63, 3.8) is 0 Å². The highest BCUT2D eigenvalue weighted by atomic mass is 15.1. The summed E-state index contributed by atoms with van der Waals surface area (Å²) in [5.74, 6) is 0.908. The van der Waals surface area contributed by atoms with Gasteiger partial charge in [0.05, 0.1) is 0 Å². The van der Waals surface area contributed by atoms with Crippen LogP contribution in [0.3, 0.4) is 0 Å². The molecule has 2 nitrogen and oxygen atoms in total. The van der Waals surface area contributed by atoms with Gasteiger partial charge in [-0.2, -0.15) is 0 Å². The maximum Gasteiger partial charge on any atom is 0.00975 e. The quantitative estimate of drug-likeness (QED) is 0.722. The molecular formula is C11H24N2. The minimum atomic E-state index is 0.0192. The van der Waals surface area contributed by atoms with E-state index in [1.807, 2.05) is 0 Å². The lowest BCUT2D eigenvalue weighted by molar-refractivity contribution is 0.304. The summed E-state index contributed by atoms with van der Waals surface area (Å²) >= 11 is 0. The third kappa shape index (κ3) is 4.63. The molecule has 13 heavy (non-hydrogen) atoms. The highest BCUT2D eigenvalue weighted by Crippen LogP contribution is 2.16. The van der Waals surface area contributed by atoms with Crippen LogP contribution in [-0.4, -0.2) is 30.1 Å². The van der Waals surface area contributed by atoms with Gasteiger partial charge in [0.1, 0.15) is 0 Å². The summed E-state index contributed by atoms with van der Waals surface area (Å²) in [4.78, 5) is 2.57. The van der Waals surface area contributed by atoms with Gasteiger partial charge in [0.2, 0.25) is 0 Å². The maximum absolute atomic E-state index is 5.93. The second kappa shape index (κ2) is 4.43. The smallest absolute Gasteiger partial charge is 0.00975 e. The SMILES string of the molecule is CC1CCN(CCCC(C)(C)N)C1. The fourth-order valence-corrected chi connectivity index (χ4v) is 1.99. The first-order valence-electron chi connectivity index (χ1n) is 5.48. The van der Waals surface area contributed by atoms with Crippen molar-refractivity contribution in [3.05, 3.63) is 0 Å². The highest BCUT2D eigenvalue weighted by Gasteiger charge is 2.18. The number of likely N-dealkylation sites (tertiary alicyclic amines) is 1. The summed E-state index contributed by atoms with van der Waals surface area (Å²) in [7, 11) is 0. The summed E-state index contributed by atoms with van der Waals surface area (Å²) in [6.07, 6.45) is 3.76. The molecule has 0 aromatic carbocycles. The van der Waals surface area contributed by atoms with Crippen LogP contribution in [-0.2, 0) is 0 Å². The second-order valence-corrected chi connectivity index (χ2v) is 5.29. The molecule has 0 saturated carbocycles. The van der Waals surface area contributed by atoms with Crippen LogP contribution in [0.5, 0.6) is 0 Å². The molecule has 0 aliphatic carbocycles. The monoisotopic (exact) mass is 184 g/mol. The molecule has 0 spiro atoms. The molecule has 1 aliphatic rings. The van der Waals surface area contributed by atoms with E-state index in [9.17, 15) is 0 Å². The van der Waals surface area contributed by atoms with Crippen LogP contribution in [0, 0.1) is 5.92 Å². The fourth-order valence-electron chi connectivity index (χ4n) is 1.99. The van der Waals surface area contributed by atoms with E-state index in [0.717, 1.165) is 12.3 Å². The van der Waals surface area contributed by atoms with Crippen molar-refractivity contribution in [1.29, 1.82) is 0 Å². The van der Waals surface area contributed by atoms with Gasteiger partial charge in [-0.05, 0) is 52.1 Å². The van der Waals surface area contributed by atoms with Gasteiger partial charge in [-0.15, -0.1) is 0 Å². The highest BCUT2D eigenvalue weighted by molar-refractivity contribution is 4.75. The lowest BCUT2D eigenvalue weighted by Gasteiger charge is -2.21. The standard InChI is InChI=1S/C11H24N2/c1-10-5-8-13(9-10)7-4-6-11(2,3)12/h10H,4-9,12H2,1-3H3. The van der Waals surface area contributed by atoms with Crippen molar-refractivity contribution in [2.45, 2.75) is 45.6 Å². The van der Waals surface area contributed by atoms with Crippen LogP contribution < -0.4 is 5.73 Å². The molecule has 0 radical (unpaired) electrons. The van der Waals surface area contributed by atoms with Crippen molar-refractivity contribution in [2.75, 3.05) is 19.6 Å². The summed E-state index contributed by atoms with van der Waals surface area (Å²) in [5.41, 5.74) is 5.95. The Morgan fingerprint density at radius 1 is 1.46 bits per heavy atom. The number of nitrogens with two attached hydrogens (primary N) is 1. The van der Waals surface area contributed by atoms with Crippen LogP contribution in [0.1, 0.15) is 40.0 Å². The average molecular weight is 184 g/mol. The maximum atomic E-state index is 5.93. The third-order valence-corrected chi connectivity index (χ3v) is 2.80. The summed E-state index contributed by atoms with van der Waals surface area (Å²) in [6.45, 7) is 10.4. The molecule has 0 aromatic heterocycles. The molecule has 1 atom stereocenters. The average Bonchev–Trinajstić information content (AvgIpc) is 2.33. The molecule has 1 saturated heterocycles. The molecule has 0 bridgehead atoms. The van der Waals surface area contributed by atoms with E-state index in [4.69, 9.17) is 5.73 Å². The van der Waals surface area contributed by atoms with Crippen molar-refractivity contribution in [1.82, 2.24) is 4.90 Å². The van der Waals surface area contributed by atoms with E-state index < -0.39 is 0 Å². The van der Waals surface area contributed by atoms with Gasteiger partial charge >= 0.3 is 0 Å². The van der Waals surface area contributed by atoms with E-state index in [1.54, 1.807) is 0 Å². The lowest BCUT2D eigenvalue weighted by Crippen LogP contribution is -2.33. The molecule has 78 valence electrons. The molecule has 1 unspecified atom stereocenters. The Labute approximate surface area is 82.5 Å². The summed E-state index contributed by atoms with van der Waals surface area (Å²) < 4.78 is 0. The summed E-state index contributed by atoms with van der Waals surface area (Å²) in [5, 5.41) is 0. The molecule has 1 fully saturated rings. The largest absolute Gasteiger partial charge is 0.326 e. The van der Waals surface area contributed by atoms with Gasteiger partial charge in [0, 0.05) is 12.1 Å². The van der Waals surface area contributed by atoms with Gasteiger partial charge < -0.3 is 10.6 Å². The predicted molar refractivity (Wildman–Crippen MR) is 57.7 cm³/mol.